The van der Waals surface area contributed by atoms with E-state index in [1.54, 1.807) is 0 Å². The first-order valence-corrected chi connectivity index (χ1v) is 6.05. The molecule has 0 aromatic heterocycles. The van der Waals surface area contributed by atoms with Gasteiger partial charge in [0, 0.05) is 6.42 Å². The molecule has 0 spiro atoms. The molecule has 0 bridgehead atoms. The second kappa shape index (κ2) is 3.65. The van der Waals surface area contributed by atoms with Crippen molar-refractivity contribution in [1.82, 2.24) is 0 Å². The van der Waals surface area contributed by atoms with E-state index in [0.717, 1.165) is 17.5 Å². The van der Waals surface area contributed by atoms with Crippen LogP contribution in [0.4, 0.5) is 0 Å². The molecular weight excluding hydrogens is 228 g/mol. The second-order valence-electron chi connectivity index (χ2n) is 4.76. The molecule has 3 nitrogen and oxygen atoms in total. The highest BCUT2D eigenvalue weighted by atomic mass is 17.5. The molecular formula is C15H12O3. The lowest BCUT2D eigenvalue weighted by molar-refractivity contribution is -0.477. The Morgan fingerprint density at radius 3 is 2.61 bits per heavy atom. The van der Waals surface area contributed by atoms with Gasteiger partial charge in [-0.25, -0.2) is 0 Å². The summed E-state index contributed by atoms with van der Waals surface area (Å²) in [6.45, 7) is 0. The Bertz CT molecular complexity index is 581. The second-order valence-corrected chi connectivity index (χ2v) is 4.76. The largest absolute Gasteiger partial charge is 0.194 e. The minimum absolute atomic E-state index is 0.184. The maximum Gasteiger partial charge on any atom is 0.169 e. The quantitative estimate of drug-likeness (QED) is 0.717. The molecule has 90 valence electrons. The van der Waals surface area contributed by atoms with Crippen LogP contribution >= 0.6 is 0 Å². The van der Waals surface area contributed by atoms with Crippen molar-refractivity contribution < 1.29 is 14.8 Å². The van der Waals surface area contributed by atoms with Gasteiger partial charge in [0.1, 0.15) is 0 Å². The Balaban J connectivity index is 1.88. The molecule has 4 rings (SSSR count). The molecule has 1 aliphatic heterocycles. The highest BCUT2D eigenvalue weighted by Gasteiger charge is 2.55. The molecule has 2 unspecified atom stereocenters. The first-order chi connectivity index (χ1) is 8.90. The Morgan fingerprint density at radius 2 is 1.72 bits per heavy atom. The molecule has 1 aliphatic carbocycles. The van der Waals surface area contributed by atoms with Crippen molar-refractivity contribution >= 4 is 0 Å². The van der Waals surface area contributed by atoms with Crippen molar-refractivity contribution in [3.05, 3.63) is 71.3 Å². The van der Waals surface area contributed by atoms with Crippen molar-refractivity contribution in [3.63, 3.8) is 0 Å². The molecule has 18 heavy (non-hydrogen) atoms. The number of benzene rings is 2. The highest BCUT2D eigenvalue weighted by molar-refractivity contribution is 5.43. The van der Waals surface area contributed by atoms with E-state index in [2.05, 4.69) is 24.3 Å². The lowest BCUT2D eigenvalue weighted by Gasteiger charge is -2.23. The van der Waals surface area contributed by atoms with E-state index in [1.165, 1.54) is 5.56 Å². The van der Waals surface area contributed by atoms with Crippen LogP contribution in [0.1, 0.15) is 22.8 Å². The Labute approximate surface area is 105 Å². The molecule has 0 amide bonds. The summed E-state index contributed by atoms with van der Waals surface area (Å²) in [5.41, 5.74) is 2.96. The van der Waals surface area contributed by atoms with Crippen LogP contribution in [-0.2, 0) is 26.8 Å². The number of hydrogen-bond donors (Lipinski definition) is 0. The van der Waals surface area contributed by atoms with Crippen LogP contribution in [0.25, 0.3) is 0 Å². The maximum atomic E-state index is 5.51. The first-order valence-electron chi connectivity index (χ1n) is 6.05. The highest BCUT2D eigenvalue weighted by Crippen LogP contribution is 2.54. The van der Waals surface area contributed by atoms with Crippen molar-refractivity contribution in [3.8, 4) is 0 Å². The molecule has 3 heteroatoms. The van der Waals surface area contributed by atoms with E-state index in [-0.39, 0.29) is 6.10 Å². The van der Waals surface area contributed by atoms with E-state index in [9.17, 15) is 0 Å². The van der Waals surface area contributed by atoms with Crippen molar-refractivity contribution in [2.24, 2.45) is 0 Å². The summed E-state index contributed by atoms with van der Waals surface area (Å²) in [7, 11) is 0. The van der Waals surface area contributed by atoms with Gasteiger partial charge in [0.25, 0.3) is 0 Å². The van der Waals surface area contributed by atoms with Gasteiger partial charge >= 0.3 is 0 Å². The molecule has 0 N–H and O–H groups in total. The van der Waals surface area contributed by atoms with Crippen LogP contribution in [-0.4, -0.2) is 0 Å². The fourth-order valence-corrected chi connectivity index (χ4v) is 2.92. The lowest BCUT2D eigenvalue weighted by Crippen LogP contribution is -2.28. The molecule has 2 aromatic carbocycles. The van der Waals surface area contributed by atoms with Gasteiger partial charge in [0.05, 0.1) is 0 Å². The lowest BCUT2D eigenvalue weighted by atomic mass is 9.89. The zero-order chi connectivity index (χ0) is 12.0. The van der Waals surface area contributed by atoms with Gasteiger partial charge in [0.2, 0.25) is 0 Å². The van der Waals surface area contributed by atoms with Crippen LogP contribution in [0.15, 0.2) is 54.6 Å². The minimum atomic E-state index is -0.537. The zero-order valence-electron chi connectivity index (χ0n) is 9.71. The third-order valence-electron chi connectivity index (χ3n) is 3.79. The summed E-state index contributed by atoms with van der Waals surface area (Å²) in [5.74, 6) is 0. The monoisotopic (exact) mass is 240 g/mol. The topological polar surface area (TPSA) is 27.7 Å². The summed E-state index contributed by atoms with van der Waals surface area (Å²) in [6, 6.07) is 18.4. The van der Waals surface area contributed by atoms with Crippen LogP contribution in [0.5, 0.6) is 0 Å². The summed E-state index contributed by atoms with van der Waals surface area (Å²) >= 11 is 0. The average Bonchev–Trinajstić information content (AvgIpc) is 2.96. The standard InChI is InChI=1S/C15H12O3/c1-2-7-12(8-3-1)15-10-11-6-4-5-9-13(11)14(15)16-18-17-15/h1-9,14H,10H2. The van der Waals surface area contributed by atoms with Crippen LogP contribution in [0.3, 0.4) is 0 Å². The minimum Gasteiger partial charge on any atom is -0.194 e. The predicted octanol–water partition coefficient (Wildman–Crippen LogP) is 3.07. The van der Waals surface area contributed by atoms with Crippen LogP contribution in [0, 0.1) is 0 Å². The van der Waals surface area contributed by atoms with Gasteiger partial charge in [-0.05, 0) is 16.7 Å². The third kappa shape index (κ3) is 1.24. The molecule has 2 atom stereocenters. The summed E-state index contributed by atoms with van der Waals surface area (Å²) in [4.78, 5) is 10.8. The van der Waals surface area contributed by atoms with Gasteiger partial charge in [-0.3, -0.25) is 0 Å². The summed E-state index contributed by atoms with van der Waals surface area (Å²) < 4.78 is 0. The average molecular weight is 240 g/mol. The molecule has 1 saturated heterocycles. The van der Waals surface area contributed by atoms with E-state index in [1.807, 2.05) is 30.3 Å². The number of fused-ring (bicyclic) bond motifs is 3. The maximum absolute atomic E-state index is 5.51. The Hall–Kier alpha value is -1.68. The van der Waals surface area contributed by atoms with E-state index >= 15 is 0 Å². The van der Waals surface area contributed by atoms with Gasteiger partial charge < -0.3 is 0 Å². The Morgan fingerprint density at radius 1 is 0.944 bits per heavy atom. The van der Waals surface area contributed by atoms with Crippen LogP contribution < -0.4 is 0 Å². The Kier molecular flexibility index (Phi) is 2.08. The molecule has 0 saturated carbocycles. The van der Waals surface area contributed by atoms with Crippen molar-refractivity contribution in [2.75, 3.05) is 0 Å². The van der Waals surface area contributed by atoms with Crippen molar-refractivity contribution in [2.45, 2.75) is 18.1 Å². The predicted molar refractivity (Wildman–Crippen MR) is 64.3 cm³/mol. The van der Waals surface area contributed by atoms with Gasteiger partial charge in [0.15, 0.2) is 11.7 Å². The molecule has 0 radical (unpaired) electrons. The smallest absolute Gasteiger partial charge is 0.169 e. The molecule has 2 aliphatic rings. The summed E-state index contributed by atoms with van der Waals surface area (Å²) in [6.07, 6.45) is 0.591. The normalized spacial score (nSPS) is 29.0. The molecule has 1 heterocycles. The van der Waals surface area contributed by atoms with Gasteiger partial charge in [-0.1, -0.05) is 59.6 Å². The molecule has 1 fully saturated rings. The SMILES string of the molecule is c1ccc(C23Cc4ccccc4C2OOO3)cc1. The van der Waals surface area contributed by atoms with Gasteiger partial charge in [-0.15, -0.1) is 0 Å². The fraction of sp³-hybridized carbons (Fsp3) is 0.200. The fourth-order valence-electron chi connectivity index (χ4n) is 2.92. The van der Waals surface area contributed by atoms with E-state index in [0.29, 0.717) is 0 Å². The zero-order valence-corrected chi connectivity index (χ0v) is 9.71. The van der Waals surface area contributed by atoms with Crippen LogP contribution in [0.2, 0.25) is 0 Å². The van der Waals surface area contributed by atoms with Gasteiger partial charge in [-0.2, -0.15) is 9.78 Å². The van der Waals surface area contributed by atoms with E-state index < -0.39 is 5.60 Å². The number of rotatable bonds is 1. The first kappa shape index (κ1) is 10.3. The summed E-state index contributed by atoms with van der Waals surface area (Å²) in [5, 5.41) is 4.83. The third-order valence-corrected chi connectivity index (χ3v) is 3.79. The van der Waals surface area contributed by atoms with Crippen molar-refractivity contribution in [1.29, 1.82) is 0 Å². The molecule has 2 aromatic rings. The number of hydrogen-bond acceptors (Lipinski definition) is 3. The van der Waals surface area contributed by atoms with E-state index in [4.69, 9.17) is 14.8 Å².